The lowest BCUT2D eigenvalue weighted by Gasteiger charge is -2.34. The number of rotatable bonds is 2. The van der Waals surface area contributed by atoms with E-state index < -0.39 is 48.4 Å². The number of carboxylic acid groups (broad SMARTS) is 1. The highest BCUT2D eigenvalue weighted by molar-refractivity contribution is 5.74. The molecule has 0 radical (unpaired) electrons. The summed E-state index contributed by atoms with van der Waals surface area (Å²) in [5.41, 5.74) is -0.721. The number of carbonyl (C=O) groups excluding carboxylic acids is 1. The van der Waals surface area contributed by atoms with Crippen molar-refractivity contribution in [1.82, 2.24) is 5.32 Å². The van der Waals surface area contributed by atoms with E-state index in [4.69, 9.17) is 9.84 Å². The van der Waals surface area contributed by atoms with Crippen LogP contribution in [0.2, 0.25) is 0 Å². The largest absolute Gasteiger partial charge is 0.481 e. The third-order valence-corrected chi connectivity index (χ3v) is 2.84. The molecule has 1 aliphatic rings. The van der Waals surface area contributed by atoms with E-state index in [1.165, 1.54) is 0 Å². The van der Waals surface area contributed by atoms with Gasteiger partial charge in [-0.15, -0.1) is 0 Å². The summed E-state index contributed by atoms with van der Waals surface area (Å²) in [4.78, 5) is 22.5. The lowest BCUT2D eigenvalue weighted by Crippen LogP contribution is -2.50. The second-order valence-electron chi connectivity index (χ2n) is 5.80. The van der Waals surface area contributed by atoms with Crippen LogP contribution in [0.5, 0.6) is 0 Å². The van der Waals surface area contributed by atoms with Gasteiger partial charge in [0.25, 0.3) is 0 Å². The highest BCUT2D eigenvalue weighted by Gasteiger charge is 2.45. The molecule has 0 aromatic heterocycles. The molecule has 1 fully saturated rings. The van der Waals surface area contributed by atoms with Gasteiger partial charge >= 0.3 is 12.1 Å². The number of amides is 1. The zero-order chi connectivity index (χ0) is 14.8. The van der Waals surface area contributed by atoms with Crippen molar-refractivity contribution in [3.63, 3.8) is 0 Å². The number of carbonyl (C=O) groups is 2. The Balaban J connectivity index is 2.66. The second kappa shape index (κ2) is 5.30. The number of hydrogen-bond donors (Lipinski definition) is 2. The molecule has 1 amide bonds. The predicted octanol–water partition coefficient (Wildman–Crippen LogP) is 2.40. The predicted molar refractivity (Wildman–Crippen MR) is 63.1 cm³/mol. The normalized spacial score (nSPS) is 26.6. The Labute approximate surface area is 110 Å². The van der Waals surface area contributed by atoms with Gasteiger partial charge in [-0.05, 0) is 27.2 Å². The fraction of sp³-hybridized carbons (Fsp3) is 0.833. The standard InChI is InChI=1S/C12H19F2NO4/c1-11(2,3)19-10(18)15-8-4-5-12(13,14)6-7(8)9(16)17/h7-8H,4-6H2,1-3H3,(H,15,18)(H,16,17)/t7-,8+/m0/s1. The van der Waals surface area contributed by atoms with Crippen molar-refractivity contribution < 1.29 is 28.2 Å². The molecule has 2 atom stereocenters. The number of halogens is 2. The van der Waals surface area contributed by atoms with E-state index in [0.29, 0.717) is 0 Å². The summed E-state index contributed by atoms with van der Waals surface area (Å²) >= 11 is 0. The zero-order valence-electron chi connectivity index (χ0n) is 11.2. The van der Waals surface area contributed by atoms with Gasteiger partial charge in [-0.2, -0.15) is 0 Å². The van der Waals surface area contributed by atoms with Crippen molar-refractivity contribution >= 4 is 12.1 Å². The van der Waals surface area contributed by atoms with Crippen LogP contribution < -0.4 is 5.32 Å². The molecular formula is C12H19F2NO4. The molecule has 0 aromatic carbocycles. The van der Waals surface area contributed by atoms with Crippen molar-refractivity contribution in [2.45, 2.75) is 57.6 Å². The van der Waals surface area contributed by atoms with Crippen LogP contribution in [-0.2, 0) is 9.53 Å². The fourth-order valence-electron chi connectivity index (χ4n) is 2.03. The highest BCUT2D eigenvalue weighted by Crippen LogP contribution is 2.37. The minimum Gasteiger partial charge on any atom is -0.481 e. The van der Waals surface area contributed by atoms with E-state index in [-0.39, 0.29) is 6.42 Å². The van der Waals surface area contributed by atoms with Crippen LogP contribution in [-0.4, -0.2) is 34.7 Å². The second-order valence-corrected chi connectivity index (χ2v) is 5.80. The van der Waals surface area contributed by atoms with E-state index in [9.17, 15) is 18.4 Å². The highest BCUT2D eigenvalue weighted by atomic mass is 19.3. The molecular weight excluding hydrogens is 260 g/mol. The minimum atomic E-state index is -2.99. The van der Waals surface area contributed by atoms with E-state index in [1.54, 1.807) is 20.8 Å². The summed E-state index contributed by atoms with van der Waals surface area (Å²) in [5.74, 6) is -5.62. The number of alkyl halides is 2. The van der Waals surface area contributed by atoms with Crippen LogP contribution in [0.1, 0.15) is 40.0 Å². The average Bonchev–Trinajstić information content (AvgIpc) is 2.17. The zero-order valence-corrected chi connectivity index (χ0v) is 11.2. The van der Waals surface area contributed by atoms with Crippen LogP contribution in [0.15, 0.2) is 0 Å². The Morgan fingerprint density at radius 1 is 1.37 bits per heavy atom. The maximum Gasteiger partial charge on any atom is 0.407 e. The van der Waals surface area contributed by atoms with Crippen LogP contribution >= 0.6 is 0 Å². The van der Waals surface area contributed by atoms with Gasteiger partial charge < -0.3 is 15.2 Å². The molecule has 7 heteroatoms. The van der Waals surface area contributed by atoms with E-state index >= 15 is 0 Å². The molecule has 1 aliphatic carbocycles. The quantitative estimate of drug-likeness (QED) is 0.813. The number of alkyl carbamates (subject to hydrolysis) is 1. The van der Waals surface area contributed by atoms with Crippen LogP contribution in [0.4, 0.5) is 13.6 Å². The van der Waals surface area contributed by atoms with Crippen molar-refractivity contribution in [3.8, 4) is 0 Å². The number of hydrogen-bond acceptors (Lipinski definition) is 3. The van der Waals surface area contributed by atoms with Gasteiger partial charge in [0.1, 0.15) is 5.60 Å². The first-order valence-electron chi connectivity index (χ1n) is 6.10. The van der Waals surface area contributed by atoms with Crippen LogP contribution in [0, 0.1) is 5.92 Å². The van der Waals surface area contributed by atoms with Crippen LogP contribution in [0.25, 0.3) is 0 Å². The first kappa shape index (κ1) is 15.7. The number of carboxylic acids is 1. The molecule has 5 nitrogen and oxygen atoms in total. The first-order valence-corrected chi connectivity index (χ1v) is 6.10. The summed E-state index contributed by atoms with van der Waals surface area (Å²) < 4.78 is 31.4. The molecule has 0 spiro atoms. The summed E-state index contributed by atoms with van der Waals surface area (Å²) in [5, 5.41) is 11.3. The van der Waals surface area contributed by atoms with E-state index in [2.05, 4.69) is 5.32 Å². The summed E-state index contributed by atoms with van der Waals surface area (Å²) in [6.45, 7) is 4.99. The topological polar surface area (TPSA) is 75.6 Å². The Morgan fingerprint density at radius 3 is 2.42 bits per heavy atom. The molecule has 0 aromatic rings. The number of aliphatic carboxylic acids is 1. The summed E-state index contributed by atoms with van der Waals surface area (Å²) in [7, 11) is 0. The van der Waals surface area contributed by atoms with Gasteiger partial charge in [-0.1, -0.05) is 0 Å². The fourth-order valence-corrected chi connectivity index (χ4v) is 2.03. The maximum atomic E-state index is 13.2. The van der Waals surface area contributed by atoms with Gasteiger partial charge in [0, 0.05) is 18.9 Å². The van der Waals surface area contributed by atoms with Gasteiger partial charge in [0.05, 0.1) is 5.92 Å². The lowest BCUT2D eigenvalue weighted by molar-refractivity contribution is -0.150. The molecule has 1 saturated carbocycles. The maximum absolute atomic E-state index is 13.2. The molecule has 1 rings (SSSR count). The van der Waals surface area contributed by atoms with Gasteiger partial charge in [0.2, 0.25) is 5.92 Å². The van der Waals surface area contributed by atoms with Gasteiger partial charge in [0.15, 0.2) is 0 Å². The molecule has 19 heavy (non-hydrogen) atoms. The number of ether oxygens (including phenoxy) is 1. The molecule has 110 valence electrons. The first-order chi connectivity index (χ1) is 8.50. The van der Waals surface area contributed by atoms with Gasteiger partial charge in [-0.25, -0.2) is 13.6 Å². The number of nitrogens with one attached hydrogen (secondary N) is 1. The third-order valence-electron chi connectivity index (χ3n) is 2.84. The molecule has 0 saturated heterocycles. The molecule has 0 heterocycles. The molecule has 0 aliphatic heterocycles. The van der Waals surface area contributed by atoms with Crippen molar-refractivity contribution in [2.24, 2.45) is 5.92 Å². The molecule has 0 bridgehead atoms. The smallest absolute Gasteiger partial charge is 0.407 e. The Kier molecular flexibility index (Phi) is 4.37. The molecule has 2 N–H and O–H groups in total. The average molecular weight is 279 g/mol. The molecule has 0 unspecified atom stereocenters. The Hall–Kier alpha value is -1.40. The van der Waals surface area contributed by atoms with Crippen molar-refractivity contribution in [3.05, 3.63) is 0 Å². The lowest BCUT2D eigenvalue weighted by atomic mass is 9.82. The van der Waals surface area contributed by atoms with E-state index in [0.717, 1.165) is 0 Å². The Bertz CT molecular complexity index is 365. The van der Waals surface area contributed by atoms with Gasteiger partial charge in [-0.3, -0.25) is 4.79 Å². The van der Waals surface area contributed by atoms with Crippen molar-refractivity contribution in [1.29, 1.82) is 0 Å². The van der Waals surface area contributed by atoms with E-state index in [1.807, 2.05) is 0 Å². The minimum absolute atomic E-state index is 0.0801. The monoisotopic (exact) mass is 279 g/mol. The van der Waals surface area contributed by atoms with Crippen LogP contribution in [0.3, 0.4) is 0 Å². The summed E-state index contributed by atoms with van der Waals surface area (Å²) in [6.07, 6.45) is -2.06. The Morgan fingerprint density at radius 2 is 1.95 bits per heavy atom. The van der Waals surface area contributed by atoms with Crippen molar-refractivity contribution in [2.75, 3.05) is 0 Å². The summed E-state index contributed by atoms with van der Waals surface area (Å²) in [6, 6.07) is -0.827. The SMILES string of the molecule is CC(C)(C)OC(=O)N[C@@H]1CCC(F)(F)C[C@@H]1C(=O)O. The third kappa shape index (κ3) is 5.00.